The standard InChI is InChI=1S/C22H28N4O2/c1-21(2,3)13-26-14-22(28-20(26)27)8-4-5-17(10-22)12-25-15-24-18-7-6-16(11-23)9-19(18)25/h6-7,9,15,17H,4-5,8,10,12-14H2,1-3H3/t17-,22-/m0/s1/i7D,15D. The number of rotatable bonds is 3. The number of hydrogen-bond donors (Lipinski definition) is 0. The molecule has 0 bridgehead atoms. The highest BCUT2D eigenvalue weighted by Crippen LogP contribution is 2.41. The first-order chi connectivity index (χ1) is 14.1. The Hall–Kier alpha value is -2.55. The second kappa shape index (κ2) is 6.80. The number of nitriles is 1. The lowest BCUT2D eigenvalue weighted by Crippen LogP contribution is -2.41. The summed E-state index contributed by atoms with van der Waals surface area (Å²) in [4.78, 5) is 18.6. The van der Waals surface area contributed by atoms with Crippen molar-refractivity contribution in [1.82, 2.24) is 14.5 Å². The molecule has 28 heavy (non-hydrogen) atoms. The number of aromatic nitrogens is 2. The number of imidazole rings is 1. The monoisotopic (exact) mass is 382 g/mol. The van der Waals surface area contributed by atoms with Crippen molar-refractivity contribution in [3.63, 3.8) is 0 Å². The summed E-state index contributed by atoms with van der Waals surface area (Å²) in [5, 5.41) is 9.25. The predicted molar refractivity (Wildman–Crippen MR) is 107 cm³/mol. The highest BCUT2D eigenvalue weighted by Gasteiger charge is 2.48. The van der Waals surface area contributed by atoms with Crippen LogP contribution in [0.1, 0.15) is 54.8 Å². The van der Waals surface area contributed by atoms with Gasteiger partial charge in [-0.1, -0.05) is 20.8 Å². The van der Waals surface area contributed by atoms with Crippen molar-refractivity contribution < 1.29 is 12.3 Å². The smallest absolute Gasteiger partial charge is 0.410 e. The highest BCUT2D eigenvalue weighted by molar-refractivity contribution is 5.77. The number of carbonyl (C=O) groups is 1. The summed E-state index contributed by atoms with van der Waals surface area (Å²) >= 11 is 0. The normalized spacial score (nSPS) is 26.3. The quantitative estimate of drug-likeness (QED) is 0.792. The van der Waals surface area contributed by atoms with Gasteiger partial charge in [0.1, 0.15) is 6.97 Å². The van der Waals surface area contributed by atoms with Crippen LogP contribution in [0.3, 0.4) is 0 Å². The zero-order valence-electron chi connectivity index (χ0n) is 18.8. The summed E-state index contributed by atoms with van der Waals surface area (Å²) in [6.07, 6.45) is 3.45. The second-order valence-electron chi connectivity index (χ2n) is 9.49. The average molecular weight is 383 g/mol. The minimum Gasteiger partial charge on any atom is -0.441 e. The van der Waals surface area contributed by atoms with Crippen molar-refractivity contribution in [2.24, 2.45) is 11.3 Å². The van der Waals surface area contributed by atoms with Crippen LogP contribution in [0.2, 0.25) is 0 Å². The van der Waals surface area contributed by atoms with Crippen LogP contribution in [-0.2, 0) is 11.3 Å². The molecule has 1 amide bonds. The van der Waals surface area contributed by atoms with E-state index in [1.165, 1.54) is 6.07 Å². The molecule has 6 nitrogen and oxygen atoms in total. The fourth-order valence-electron chi connectivity index (χ4n) is 4.62. The molecular formula is C22H28N4O2. The van der Waals surface area contributed by atoms with E-state index in [1.54, 1.807) is 10.6 Å². The fourth-order valence-corrected chi connectivity index (χ4v) is 4.62. The first-order valence-electron chi connectivity index (χ1n) is 10.9. The first kappa shape index (κ1) is 16.4. The van der Waals surface area contributed by atoms with Crippen LogP contribution in [0.25, 0.3) is 11.0 Å². The molecule has 2 aliphatic rings. The molecule has 1 spiro atoms. The maximum Gasteiger partial charge on any atom is 0.410 e. The zero-order valence-corrected chi connectivity index (χ0v) is 16.8. The Morgan fingerprint density at radius 1 is 1.50 bits per heavy atom. The van der Waals surface area contributed by atoms with E-state index >= 15 is 0 Å². The second-order valence-corrected chi connectivity index (χ2v) is 9.49. The highest BCUT2D eigenvalue weighted by atomic mass is 16.6. The average Bonchev–Trinajstić information content (AvgIpc) is 3.11. The molecule has 1 aromatic carbocycles. The van der Waals surface area contributed by atoms with Crippen LogP contribution in [0, 0.1) is 22.7 Å². The van der Waals surface area contributed by atoms with E-state index in [-0.39, 0.29) is 29.8 Å². The Morgan fingerprint density at radius 3 is 3.07 bits per heavy atom. The molecule has 0 radical (unpaired) electrons. The number of nitrogens with zero attached hydrogens (tertiary/aromatic N) is 4. The van der Waals surface area contributed by atoms with Gasteiger partial charge in [0.25, 0.3) is 0 Å². The van der Waals surface area contributed by atoms with Gasteiger partial charge in [-0.2, -0.15) is 5.26 Å². The Morgan fingerprint density at radius 2 is 2.32 bits per heavy atom. The SMILES string of the molecule is [2H]c1cc(C#N)cc2c1nc([2H])n2C[C@H]1CCC[C@]2(C1)CN(CC(C)(C)C)C(=O)O2. The summed E-state index contributed by atoms with van der Waals surface area (Å²) in [6.45, 7) is 8.21. The van der Waals surface area contributed by atoms with Crippen molar-refractivity contribution in [2.75, 3.05) is 13.1 Å². The number of amides is 1. The summed E-state index contributed by atoms with van der Waals surface area (Å²) in [7, 11) is 0. The lowest BCUT2D eigenvalue weighted by Gasteiger charge is -2.36. The molecule has 6 heteroatoms. The van der Waals surface area contributed by atoms with Gasteiger partial charge in [-0.3, -0.25) is 0 Å². The van der Waals surface area contributed by atoms with Crippen LogP contribution in [0.15, 0.2) is 24.5 Å². The topological polar surface area (TPSA) is 71.2 Å². The summed E-state index contributed by atoms with van der Waals surface area (Å²) in [5.41, 5.74) is 1.06. The van der Waals surface area contributed by atoms with Gasteiger partial charge in [0.05, 0.1) is 36.9 Å². The molecule has 2 aromatic rings. The lowest BCUT2D eigenvalue weighted by molar-refractivity contribution is 0.00413. The van der Waals surface area contributed by atoms with Gasteiger partial charge in [-0.25, -0.2) is 9.78 Å². The number of carbonyl (C=O) groups excluding carboxylic acids is 1. The molecule has 0 unspecified atom stereocenters. The molecule has 1 saturated heterocycles. The predicted octanol–water partition coefficient (Wildman–Crippen LogP) is 4.34. The molecule has 1 aliphatic carbocycles. The minimum atomic E-state index is -0.456. The van der Waals surface area contributed by atoms with Gasteiger partial charge in [-0.15, -0.1) is 0 Å². The van der Waals surface area contributed by atoms with E-state index in [2.05, 4.69) is 31.8 Å². The van der Waals surface area contributed by atoms with Crippen LogP contribution >= 0.6 is 0 Å². The third-order valence-electron chi connectivity index (χ3n) is 5.65. The molecule has 2 fully saturated rings. The van der Waals surface area contributed by atoms with E-state index in [9.17, 15) is 10.1 Å². The first-order valence-corrected chi connectivity index (χ1v) is 9.95. The van der Waals surface area contributed by atoms with Crippen molar-refractivity contribution in [3.8, 4) is 6.07 Å². The largest absolute Gasteiger partial charge is 0.441 e. The van der Waals surface area contributed by atoms with Crippen molar-refractivity contribution in [1.29, 1.82) is 5.26 Å². The Bertz CT molecular complexity index is 1040. The van der Waals surface area contributed by atoms with E-state index in [0.29, 0.717) is 36.2 Å². The van der Waals surface area contributed by atoms with Crippen LogP contribution in [0.4, 0.5) is 4.79 Å². The van der Waals surface area contributed by atoms with Crippen LogP contribution in [0.5, 0.6) is 0 Å². The van der Waals surface area contributed by atoms with Crippen molar-refractivity contribution >= 4 is 17.1 Å². The fraction of sp³-hybridized carbons (Fsp3) is 0.591. The Kier molecular flexibility index (Phi) is 3.99. The number of hydrogen-bond acceptors (Lipinski definition) is 4. The Labute approximate surface area is 168 Å². The van der Waals surface area contributed by atoms with Gasteiger partial charge in [0, 0.05) is 13.1 Å². The number of fused-ring (bicyclic) bond motifs is 1. The third kappa shape index (κ3) is 3.71. The molecule has 1 saturated carbocycles. The molecule has 2 heterocycles. The maximum absolute atomic E-state index is 12.5. The zero-order chi connectivity index (χ0) is 21.7. The van der Waals surface area contributed by atoms with E-state index in [1.807, 2.05) is 4.90 Å². The van der Waals surface area contributed by atoms with Gasteiger partial charge in [0.2, 0.25) is 0 Å². The van der Waals surface area contributed by atoms with Gasteiger partial charge < -0.3 is 14.2 Å². The van der Waals surface area contributed by atoms with Gasteiger partial charge in [-0.05, 0) is 55.2 Å². The number of benzene rings is 1. The van der Waals surface area contributed by atoms with Crippen molar-refractivity contribution in [3.05, 3.63) is 30.0 Å². The van der Waals surface area contributed by atoms with Crippen LogP contribution in [-0.4, -0.2) is 39.2 Å². The molecule has 4 rings (SSSR count). The molecule has 148 valence electrons. The summed E-state index contributed by atoms with van der Waals surface area (Å²) < 4.78 is 24.1. The molecule has 2 atom stereocenters. The van der Waals surface area contributed by atoms with E-state index in [4.69, 9.17) is 7.48 Å². The molecule has 1 aromatic heterocycles. The molecule has 1 aliphatic heterocycles. The van der Waals surface area contributed by atoms with Crippen molar-refractivity contribution in [2.45, 2.75) is 58.6 Å². The number of ether oxygens (including phenoxy) is 1. The van der Waals surface area contributed by atoms with Crippen LogP contribution < -0.4 is 0 Å². The minimum absolute atomic E-state index is 0.0148. The van der Waals surface area contributed by atoms with Gasteiger partial charge in [0.15, 0.2) is 0 Å². The third-order valence-corrected chi connectivity index (χ3v) is 5.65. The Balaban J connectivity index is 1.56. The lowest BCUT2D eigenvalue weighted by atomic mass is 9.77. The summed E-state index contributed by atoms with van der Waals surface area (Å²) in [5.74, 6) is 0.238. The molecule has 0 N–H and O–H groups in total. The van der Waals surface area contributed by atoms with E-state index in [0.717, 1.165) is 25.7 Å². The molecular weight excluding hydrogens is 352 g/mol. The maximum atomic E-state index is 12.5. The van der Waals surface area contributed by atoms with E-state index < -0.39 is 5.60 Å². The van der Waals surface area contributed by atoms with Gasteiger partial charge >= 0.3 is 6.09 Å². The summed E-state index contributed by atoms with van der Waals surface area (Å²) in [6, 6.07) is 5.44.